The number of hydrogen-bond donors (Lipinski definition) is 3. The molecule has 0 saturated heterocycles. The Bertz CT molecular complexity index is 187. The van der Waals surface area contributed by atoms with Crippen LogP contribution in [-0.2, 0) is 0 Å². The lowest BCUT2D eigenvalue weighted by Gasteiger charge is -1.99. The fourth-order valence-electron chi connectivity index (χ4n) is 0.625. The number of hydrogen-bond acceptors (Lipinski definition) is 3. The minimum atomic E-state index is -1.34. The van der Waals surface area contributed by atoms with Crippen LogP contribution in [0.15, 0.2) is 30.3 Å². The van der Waals surface area contributed by atoms with Crippen LogP contribution in [0.5, 0.6) is 0 Å². The van der Waals surface area contributed by atoms with Crippen LogP contribution >= 0.6 is 0 Å². The first-order valence-corrected chi connectivity index (χ1v) is 3.72. The van der Waals surface area contributed by atoms with Crippen molar-refractivity contribution in [3.63, 3.8) is 0 Å². The highest BCUT2D eigenvalue weighted by atomic mass is 16.5. The third-order valence-electron chi connectivity index (χ3n) is 1.10. The molecule has 0 heterocycles. The molecule has 1 aromatic carbocycles. The summed E-state index contributed by atoms with van der Waals surface area (Å²) in [5, 5.41) is 19.9. The molecular weight excluding hydrogens is 154 g/mol. The van der Waals surface area contributed by atoms with Gasteiger partial charge in [-0.3, -0.25) is 0 Å². The van der Waals surface area contributed by atoms with E-state index in [-0.39, 0.29) is 0 Å². The van der Waals surface area contributed by atoms with E-state index in [1.54, 1.807) is 24.3 Å². The van der Waals surface area contributed by atoms with Gasteiger partial charge in [0.25, 0.3) is 0 Å². The molecule has 1 rings (SSSR count). The Morgan fingerprint density at radius 1 is 1.08 bits per heavy atom. The summed E-state index contributed by atoms with van der Waals surface area (Å²) >= 11 is 0. The zero-order valence-electron chi connectivity index (χ0n) is 7.36. The SMILES string of the molecule is CNC.OC(O)c1ccccc1. The minimum absolute atomic E-state index is 0.525. The monoisotopic (exact) mass is 169 g/mol. The average Bonchev–Trinajstić information content (AvgIpc) is 2.07. The van der Waals surface area contributed by atoms with Crippen molar-refractivity contribution in [2.24, 2.45) is 0 Å². The Kier molecular flexibility index (Phi) is 6.28. The molecule has 0 atom stereocenters. The third kappa shape index (κ3) is 4.85. The van der Waals surface area contributed by atoms with Gasteiger partial charge in [0.05, 0.1) is 0 Å². The first kappa shape index (κ1) is 11.1. The number of aliphatic hydroxyl groups is 2. The molecule has 1 aromatic rings. The Labute approximate surface area is 72.7 Å². The summed E-state index contributed by atoms with van der Waals surface area (Å²) in [5.74, 6) is 0. The molecular formula is C9H15NO2. The fraction of sp³-hybridized carbons (Fsp3) is 0.333. The van der Waals surface area contributed by atoms with Crippen molar-refractivity contribution in [2.75, 3.05) is 14.1 Å². The summed E-state index contributed by atoms with van der Waals surface area (Å²) in [6, 6.07) is 8.66. The quantitative estimate of drug-likeness (QED) is 0.537. The molecule has 0 spiro atoms. The number of aliphatic hydroxyl groups excluding tert-OH is 1. The molecule has 0 fully saturated rings. The smallest absolute Gasteiger partial charge is 0.178 e. The molecule has 68 valence electrons. The van der Waals surface area contributed by atoms with E-state index in [1.807, 2.05) is 20.2 Å². The van der Waals surface area contributed by atoms with Crippen LogP contribution in [0.4, 0.5) is 0 Å². The zero-order valence-corrected chi connectivity index (χ0v) is 7.36. The maximum absolute atomic E-state index is 8.58. The van der Waals surface area contributed by atoms with Crippen molar-refractivity contribution in [3.8, 4) is 0 Å². The van der Waals surface area contributed by atoms with Crippen molar-refractivity contribution >= 4 is 0 Å². The van der Waals surface area contributed by atoms with Crippen molar-refractivity contribution in [1.29, 1.82) is 0 Å². The van der Waals surface area contributed by atoms with E-state index in [1.165, 1.54) is 0 Å². The van der Waals surface area contributed by atoms with Crippen molar-refractivity contribution in [2.45, 2.75) is 6.29 Å². The molecule has 0 saturated carbocycles. The number of rotatable bonds is 1. The maximum atomic E-state index is 8.58. The van der Waals surface area contributed by atoms with Gasteiger partial charge in [0, 0.05) is 5.56 Å². The van der Waals surface area contributed by atoms with E-state index in [0.29, 0.717) is 5.56 Å². The Morgan fingerprint density at radius 2 is 1.50 bits per heavy atom. The van der Waals surface area contributed by atoms with Gasteiger partial charge in [-0.05, 0) is 14.1 Å². The predicted octanol–water partition coefficient (Wildman–Crippen LogP) is 0.505. The van der Waals surface area contributed by atoms with Gasteiger partial charge in [-0.25, -0.2) is 0 Å². The van der Waals surface area contributed by atoms with E-state index in [9.17, 15) is 0 Å². The second-order valence-electron chi connectivity index (χ2n) is 2.28. The van der Waals surface area contributed by atoms with Crippen molar-refractivity contribution in [3.05, 3.63) is 35.9 Å². The first-order chi connectivity index (χ1) is 5.72. The highest BCUT2D eigenvalue weighted by molar-refractivity contribution is 5.15. The Morgan fingerprint density at radius 3 is 1.75 bits per heavy atom. The van der Waals surface area contributed by atoms with Crippen molar-refractivity contribution < 1.29 is 10.2 Å². The van der Waals surface area contributed by atoms with Gasteiger partial charge in [0.1, 0.15) is 0 Å². The van der Waals surface area contributed by atoms with Gasteiger partial charge in [0.2, 0.25) is 0 Å². The number of nitrogens with one attached hydrogen (secondary N) is 1. The molecule has 0 bridgehead atoms. The van der Waals surface area contributed by atoms with Gasteiger partial charge in [-0.2, -0.15) is 0 Å². The summed E-state index contributed by atoms with van der Waals surface area (Å²) < 4.78 is 0. The Hall–Kier alpha value is -0.900. The summed E-state index contributed by atoms with van der Waals surface area (Å²) in [5.41, 5.74) is 0.525. The molecule has 3 nitrogen and oxygen atoms in total. The van der Waals surface area contributed by atoms with Gasteiger partial charge in [-0.1, -0.05) is 30.3 Å². The maximum Gasteiger partial charge on any atom is 0.178 e. The lowest BCUT2D eigenvalue weighted by Crippen LogP contribution is -1.92. The predicted molar refractivity (Wildman–Crippen MR) is 48.6 cm³/mol. The lowest BCUT2D eigenvalue weighted by atomic mass is 10.2. The third-order valence-corrected chi connectivity index (χ3v) is 1.10. The molecule has 0 unspecified atom stereocenters. The summed E-state index contributed by atoms with van der Waals surface area (Å²) in [7, 11) is 3.75. The van der Waals surface area contributed by atoms with Crippen LogP contribution in [0.3, 0.4) is 0 Å². The van der Waals surface area contributed by atoms with E-state index in [4.69, 9.17) is 10.2 Å². The highest BCUT2D eigenvalue weighted by Crippen LogP contribution is 2.06. The standard InChI is InChI=1S/C7H8O2.C2H7N/c8-7(9)6-4-2-1-3-5-6;1-3-2/h1-5,7-9H;3H,1-2H3. The summed E-state index contributed by atoms with van der Waals surface area (Å²) in [6.07, 6.45) is -1.34. The first-order valence-electron chi connectivity index (χ1n) is 3.72. The second kappa shape index (κ2) is 6.79. The molecule has 0 amide bonds. The van der Waals surface area contributed by atoms with Crippen LogP contribution in [0, 0.1) is 0 Å². The van der Waals surface area contributed by atoms with E-state index >= 15 is 0 Å². The molecule has 3 heteroatoms. The molecule has 0 aliphatic rings. The summed E-state index contributed by atoms with van der Waals surface area (Å²) in [6.45, 7) is 0. The minimum Gasteiger partial charge on any atom is -0.364 e. The van der Waals surface area contributed by atoms with Gasteiger partial charge < -0.3 is 15.5 Å². The molecule has 0 aliphatic heterocycles. The fourth-order valence-corrected chi connectivity index (χ4v) is 0.625. The van der Waals surface area contributed by atoms with E-state index in [0.717, 1.165) is 0 Å². The molecule has 0 aliphatic carbocycles. The second-order valence-corrected chi connectivity index (χ2v) is 2.28. The van der Waals surface area contributed by atoms with E-state index in [2.05, 4.69) is 5.32 Å². The largest absolute Gasteiger partial charge is 0.364 e. The average molecular weight is 169 g/mol. The van der Waals surface area contributed by atoms with Gasteiger partial charge in [-0.15, -0.1) is 0 Å². The molecule has 12 heavy (non-hydrogen) atoms. The molecule has 0 aromatic heterocycles. The zero-order chi connectivity index (χ0) is 9.40. The van der Waals surface area contributed by atoms with Crippen LogP contribution in [0.25, 0.3) is 0 Å². The van der Waals surface area contributed by atoms with Crippen LogP contribution < -0.4 is 5.32 Å². The Balaban J connectivity index is 0.000000354. The van der Waals surface area contributed by atoms with Crippen LogP contribution in [0.1, 0.15) is 11.9 Å². The molecule has 3 N–H and O–H groups in total. The topological polar surface area (TPSA) is 52.5 Å². The van der Waals surface area contributed by atoms with E-state index < -0.39 is 6.29 Å². The van der Waals surface area contributed by atoms with Crippen LogP contribution in [0.2, 0.25) is 0 Å². The van der Waals surface area contributed by atoms with Crippen molar-refractivity contribution in [1.82, 2.24) is 5.32 Å². The van der Waals surface area contributed by atoms with Gasteiger partial charge in [0.15, 0.2) is 6.29 Å². The van der Waals surface area contributed by atoms with Gasteiger partial charge >= 0.3 is 0 Å². The highest BCUT2D eigenvalue weighted by Gasteiger charge is 1.97. The normalized spacial score (nSPS) is 9.08. The van der Waals surface area contributed by atoms with Crippen LogP contribution in [-0.4, -0.2) is 24.3 Å². The number of benzene rings is 1. The molecule has 0 radical (unpaired) electrons. The summed E-state index contributed by atoms with van der Waals surface area (Å²) in [4.78, 5) is 0. The lowest BCUT2D eigenvalue weighted by molar-refractivity contribution is -0.0424.